The number of amides is 1. The van der Waals surface area contributed by atoms with E-state index in [0.29, 0.717) is 5.69 Å². The summed E-state index contributed by atoms with van der Waals surface area (Å²) in [5.41, 5.74) is 1.63. The van der Waals surface area contributed by atoms with Gasteiger partial charge in [0, 0.05) is 12.7 Å². The van der Waals surface area contributed by atoms with Crippen LogP contribution in [-0.2, 0) is 18.0 Å². The third-order valence-electron chi connectivity index (χ3n) is 3.03. The van der Waals surface area contributed by atoms with Gasteiger partial charge in [-0.05, 0) is 31.5 Å². The van der Waals surface area contributed by atoms with Gasteiger partial charge in [-0.25, -0.2) is 0 Å². The summed E-state index contributed by atoms with van der Waals surface area (Å²) in [5, 5.41) is 8.76. The number of thioether (sulfide) groups is 1. The summed E-state index contributed by atoms with van der Waals surface area (Å²) in [4.78, 5) is 12.1. The molecule has 0 saturated carbocycles. The Labute approximate surface area is 135 Å². The number of halogens is 3. The first kappa shape index (κ1) is 17.3. The highest BCUT2D eigenvalue weighted by Crippen LogP contribution is 2.31. The van der Waals surface area contributed by atoms with E-state index >= 15 is 0 Å². The van der Waals surface area contributed by atoms with E-state index in [2.05, 4.69) is 15.5 Å². The van der Waals surface area contributed by atoms with Crippen LogP contribution >= 0.6 is 11.8 Å². The fraction of sp³-hybridized carbons (Fsp3) is 0.357. The fourth-order valence-corrected chi connectivity index (χ4v) is 2.66. The van der Waals surface area contributed by atoms with E-state index in [1.807, 2.05) is 13.0 Å². The molecule has 0 radical (unpaired) electrons. The molecule has 124 valence electrons. The van der Waals surface area contributed by atoms with Crippen molar-refractivity contribution in [1.82, 2.24) is 14.8 Å². The molecule has 1 aromatic carbocycles. The topological polar surface area (TPSA) is 59.8 Å². The van der Waals surface area contributed by atoms with E-state index in [0.717, 1.165) is 21.9 Å². The van der Waals surface area contributed by atoms with E-state index in [1.54, 1.807) is 25.1 Å². The highest BCUT2D eigenvalue weighted by atomic mass is 32.2. The molecule has 1 heterocycles. The number of carbonyl (C=O) groups excluding carboxylic acids is 1. The van der Waals surface area contributed by atoms with Crippen molar-refractivity contribution in [2.45, 2.75) is 30.4 Å². The third-order valence-corrected chi connectivity index (χ3v) is 4.16. The number of hydrogen-bond donors (Lipinski definition) is 1. The molecular formula is C14H15F3N4OS. The predicted octanol–water partition coefficient (Wildman–Crippen LogP) is 3.26. The quantitative estimate of drug-likeness (QED) is 0.865. The third kappa shape index (κ3) is 4.25. The number of anilines is 1. The second-order valence-electron chi connectivity index (χ2n) is 4.98. The molecule has 23 heavy (non-hydrogen) atoms. The lowest BCUT2D eigenvalue weighted by Gasteiger charge is -2.12. The number of benzene rings is 1. The average Bonchev–Trinajstić information content (AvgIpc) is 2.80. The van der Waals surface area contributed by atoms with Crippen molar-refractivity contribution >= 4 is 23.4 Å². The van der Waals surface area contributed by atoms with Crippen LogP contribution < -0.4 is 5.32 Å². The average molecular weight is 344 g/mol. The molecule has 0 aliphatic heterocycles. The highest BCUT2D eigenvalue weighted by Gasteiger charge is 2.37. The van der Waals surface area contributed by atoms with Crippen molar-refractivity contribution < 1.29 is 18.0 Å². The second kappa shape index (κ2) is 6.61. The Hall–Kier alpha value is -2.03. The summed E-state index contributed by atoms with van der Waals surface area (Å²) < 4.78 is 38.8. The lowest BCUT2D eigenvalue weighted by atomic mass is 10.2. The molecule has 1 amide bonds. The van der Waals surface area contributed by atoms with Crippen molar-refractivity contribution in [3.05, 3.63) is 35.7 Å². The van der Waals surface area contributed by atoms with Crippen molar-refractivity contribution in [1.29, 1.82) is 0 Å². The first-order valence-corrected chi connectivity index (χ1v) is 7.57. The first-order chi connectivity index (χ1) is 10.7. The van der Waals surface area contributed by atoms with Gasteiger partial charge in [0.25, 0.3) is 0 Å². The van der Waals surface area contributed by atoms with Gasteiger partial charge in [-0.1, -0.05) is 23.9 Å². The number of alkyl halides is 3. The summed E-state index contributed by atoms with van der Waals surface area (Å²) in [6, 6.07) is 7.25. The number of hydrogen-bond acceptors (Lipinski definition) is 4. The standard InChI is InChI=1S/C14H15F3N4OS/c1-8-5-4-6-10(7-8)18-11(22)9(2)23-13-20-19-12(21(13)3)14(15,16)17/h4-7,9H,1-3H3,(H,18,22)/t9-/m0/s1. The zero-order valence-corrected chi connectivity index (χ0v) is 13.5. The van der Waals surface area contributed by atoms with Crippen LogP contribution in [0.4, 0.5) is 18.9 Å². The van der Waals surface area contributed by atoms with Crippen molar-refractivity contribution in [2.75, 3.05) is 5.32 Å². The molecule has 0 aliphatic rings. The molecule has 1 aromatic heterocycles. The Bertz CT molecular complexity index is 714. The van der Waals surface area contributed by atoms with Gasteiger partial charge in [0.15, 0.2) is 5.16 Å². The van der Waals surface area contributed by atoms with Crippen LogP contribution in [0.3, 0.4) is 0 Å². The Morgan fingerprint density at radius 2 is 2.04 bits per heavy atom. The molecule has 2 rings (SSSR count). The minimum Gasteiger partial charge on any atom is -0.325 e. The van der Waals surface area contributed by atoms with E-state index < -0.39 is 17.3 Å². The van der Waals surface area contributed by atoms with Crippen LogP contribution in [0.1, 0.15) is 18.3 Å². The van der Waals surface area contributed by atoms with Crippen LogP contribution in [0.25, 0.3) is 0 Å². The smallest absolute Gasteiger partial charge is 0.325 e. The maximum Gasteiger partial charge on any atom is 0.451 e. The van der Waals surface area contributed by atoms with Gasteiger partial charge in [0.1, 0.15) is 0 Å². The minimum atomic E-state index is -4.58. The number of aryl methyl sites for hydroxylation is 1. The van der Waals surface area contributed by atoms with Gasteiger partial charge in [-0.15, -0.1) is 10.2 Å². The van der Waals surface area contributed by atoms with Gasteiger partial charge >= 0.3 is 6.18 Å². The van der Waals surface area contributed by atoms with E-state index in [4.69, 9.17) is 0 Å². The molecular weight excluding hydrogens is 329 g/mol. The van der Waals surface area contributed by atoms with Gasteiger partial charge < -0.3 is 9.88 Å². The van der Waals surface area contributed by atoms with E-state index in [1.165, 1.54) is 7.05 Å². The highest BCUT2D eigenvalue weighted by molar-refractivity contribution is 8.00. The summed E-state index contributed by atoms with van der Waals surface area (Å²) in [7, 11) is 1.22. The molecule has 0 fully saturated rings. The van der Waals surface area contributed by atoms with Gasteiger partial charge in [-0.3, -0.25) is 4.79 Å². The Morgan fingerprint density at radius 1 is 1.35 bits per heavy atom. The van der Waals surface area contributed by atoms with E-state index in [9.17, 15) is 18.0 Å². The lowest BCUT2D eigenvalue weighted by molar-refractivity contribution is -0.147. The van der Waals surface area contributed by atoms with E-state index in [-0.39, 0.29) is 11.1 Å². The molecule has 2 aromatic rings. The molecule has 5 nitrogen and oxygen atoms in total. The van der Waals surface area contributed by atoms with Crippen LogP contribution in [0.5, 0.6) is 0 Å². The Balaban J connectivity index is 2.06. The van der Waals surface area contributed by atoms with Gasteiger partial charge in [0.05, 0.1) is 5.25 Å². The number of rotatable bonds is 4. The Morgan fingerprint density at radius 3 is 2.61 bits per heavy atom. The molecule has 1 atom stereocenters. The largest absolute Gasteiger partial charge is 0.451 e. The fourth-order valence-electron chi connectivity index (χ4n) is 1.84. The zero-order valence-electron chi connectivity index (χ0n) is 12.7. The summed E-state index contributed by atoms with van der Waals surface area (Å²) in [6.45, 7) is 3.49. The van der Waals surface area contributed by atoms with Crippen LogP contribution in [-0.4, -0.2) is 25.9 Å². The molecule has 0 aliphatic carbocycles. The molecule has 9 heteroatoms. The van der Waals surface area contributed by atoms with Crippen LogP contribution in [0.2, 0.25) is 0 Å². The zero-order chi connectivity index (χ0) is 17.2. The SMILES string of the molecule is Cc1cccc(NC(=O)[C@H](C)Sc2nnc(C(F)(F)F)n2C)c1. The van der Waals surface area contributed by atoms with Crippen molar-refractivity contribution in [2.24, 2.45) is 7.05 Å². The molecule has 0 unspecified atom stereocenters. The lowest BCUT2D eigenvalue weighted by Crippen LogP contribution is -2.23. The van der Waals surface area contributed by atoms with Crippen molar-refractivity contribution in [3.8, 4) is 0 Å². The predicted molar refractivity (Wildman–Crippen MR) is 81.1 cm³/mol. The monoisotopic (exact) mass is 344 g/mol. The normalized spacial score (nSPS) is 13.0. The molecule has 1 N–H and O–H groups in total. The van der Waals surface area contributed by atoms with Crippen LogP contribution in [0, 0.1) is 6.92 Å². The summed E-state index contributed by atoms with van der Waals surface area (Å²) in [5.74, 6) is -1.41. The molecule has 0 saturated heterocycles. The summed E-state index contributed by atoms with van der Waals surface area (Å²) >= 11 is 0.916. The molecule has 0 bridgehead atoms. The second-order valence-corrected chi connectivity index (χ2v) is 6.29. The number of aromatic nitrogens is 3. The Kier molecular flexibility index (Phi) is 4.98. The maximum atomic E-state index is 12.7. The maximum absolute atomic E-state index is 12.7. The van der Waals surface area contributed by atoms with Crippen molar-refractivity contribution in [3.63, 3.8) is 0 Å². The first-order valence-electron chi connectivity index (χ1n) is 6.69. The number of nitrogens with zero attached hydrogens (tertiary/aromatic N) is 3. The van der Waals surface area contributed by atoms with Crippen LogP contribution in [0.15, 0.2) is 29.4 Å². The molecule has 0 spiro atoms. The van der Waals surface area contributed by atoms with Gasteiger partial charge in [-0.2, -0.15) is 13.2 Å². The van der Waals surface area contributed by atoms with Gasteiger partial charge in [0.2, 0.25) is 11.7 Å². The minimum absolute atomic E-state index is 0.0317. The number of carbonyl (C=O) groups is 1. The summed E-state index contributed by atoms with van der Waals surface area (Å²) in [6.07, 6.45) is -4.58. The number of nitrogens with one attached hydrogen (secondary N) is 1.